The Morgan fingerprint density at radius 1 is 0.727 bits per heavy atom. The van der Waals surface area contributed by atoms with Crippen LogP contribution in [0.4, 0.5) is 0 Å². The summed E-state index contributed by atoms with van der Waals surface area (Å²) in [5, 5.41) is 0. The highest BCUT2D eigenvalue weighted by Crippen LogP contribution is 2.28. The summed E-state index contributed by atoms with van der Waals surface area (Å²) in [7, 11) is 0. The number of hydrogen-bond acceptors (Lipinski definition) is 0. The fraction of sp³-hybridized carbons (Fsp3) is 0.636. The minimum atomic E-state index is 1.29. The van der Waals surface area contributed by atoms with E-state index in [9.17, 15) is 0 Å². The van der Waals surface area contributed by atoms with Crippen LogP contribution in [0, 0.1) is 0 Å². The molecule has 1 saturated carbocycles. The predicted octanol–water partition coefficient (Wildman–Crippen LogP) is 3.60. The molecule has 0 aliphatic heterocycles. The second-order valence-electron chi connectivity index (χ2n) is 3.66. The molecule has 0 spiro atoms. The van der Waals surface area contributed by atoms with E-state index in [0.29, 0.717) is 0 Å². The minimum absolute atomic E-state index is 1.29. The normalized spacial score (nSPS) is 34.2. The van der Waals surface area contributed by atoms with Crippen molar-refractivity contribution in [3.8, 4) is 0 Å². The van der Waals surface area contributed by atoms with Crippen molar-refractivity contribution in [2.45, 2.75) is 44.9 Å². The Bertz CT molecular complexity index is 174. The van der Waals surface area contributed by atoms with E-state index in [1.807, 2.05) is 0 Å². The lowest BCUT2D eigenvalue weighted by Crippen LogP contribution is -1.85. The third-order valence-corrected chi connectivity index (χ3v) is 2.80. The smallest absolute Gasteiger partial charge is 0.0283 e. The van der Waals surface area contributed by atoms with Crippen LogP contribution in [0.25, 0.3) is 0 Å². The summed E-state index contributed by atoms with van der Waals surface area (Å²) in [4.78, 5) is 0. The third kappa shape index (κ3) is 1.74. The average Bonchev–Trinajstić information content (AvgIpc) is 2.11. The lowest BCUT2D eigenvalue weighted by atomic mass is 10.0. The van der Waals surface area contributed by atoms with Crippen molar-refractivity contribution in [3.63, 3.8) is 0 Å². The summed E-state index contributed by atoms with van der Waals surface area (Å²) in [6.45, 7) is 0. The summed E-state index contributed by atoms with van der Waals surface area (Å²) < 4.78 is 0. The minimum Gasteiger partial charge on any atom is -0.0850 e. The Kier molecular flexibility index (Phi) is 2.11. The van der Waals surface area contributed by atoms with Gasteiger partial charge < -0.3 is 0 Å². The predicted molar refractivity (Wildman–Crippen MR) is 48.5 cm³/mol. The summed E-state index contributed by atoms with van der Waals surface area (Å²) in [5.41, 5.74) is 3.46. The van der Waals surface area contributed by atoms with Crippen molar-refractivity contribution in [1.82, 2.24) is 0 Å². The molecule has 0 nitrogen and oxygen atoms in total. The fourth-order valence-electron chi connectivity index (χ4n) is 2.10. The molecule has 0 aromatic heterocycles. The van der Waals surface area contributed by atoms with Crippen molar-refractivity contribution in [2.75, 3.05) is 0 Å². The van der Waals surface area contributed by atoms with E-state index in [2.05, 4.69) is 12.2 Å². The van der Waals surface area contributed by atoms with Crippen molar-refractivity contribution >= 4 is 0 Å². The quantitative estimate of drug-likeness (QED) is 0.460. The van der Waals surface area contributed by atoms with Gasteiger partial charge >= 0.3 is 0 Å². The first-order valence-electron chi connectivity index (χ1n) is 4.81. The van der Waals surface area contributed by atoms with Gasteiger partial charge in [-0.15, -0.1) is 0 Å². The lowest BCUT2D eigenvalue weighted by Gasteiger charge is -2.05. The van der Waals surface area contributed by atoms with Crippen LogP contribution >= 0.6 is 0 Å². The maximum absolute atomic E-state index is 2.47. The van der Waals surface area contributed by atoms with Crippen LogP contribution in [0.15, 0.2) is 23.3 Å². The SMILES string of the molecule is C1=C2/CCC/C(=C/CC/1)CC2. The van der Waals surface area contributed by atoms with Gasteiger partial charge in [-0.2, -0.15) is 0 Å². The highest BCUT2D eigenvalue weighted by atomic mass is 14.1. The molecular weight excluding hydrogens is 132 g/mol. The van der Waals surface area contributed by atoms with Gasteiger partial charge in [0.25, 0.3) is 0 Å². The van der Waals surface area contributed by atoms with Gasteiger partial charge in [0.15, 0.2) is 0 Å². The van der Waals surface area contributed by atoms with Crippen LogP contribution in [0.3, 0.4) is 0 Å². The van der Waals surface area contributed by atoms with Gasteiger partial charge in [0, 0.05) is 0 Å². The molecule has 0 saturated heterocycles. The molecule has 0 N–H and O–H groups in total. The molecule has 0 atom stereocenters. The molecule has 0 radical (unpaired) electrons. The maximum Gasteiger partial charge on any atom is -0.0283 e. The fourth-order valence-corrected chi connectivity index (χ4v) is 2.10. The van der Waals surface area contributed by atoms with Gasteiger partial charge in [0.05, 0.1) is 0 Å². The van der Waals surface area contributed by atoms with E-state index in [4.69, 9.17) is 0 Å². The highest BCUT2D eigenvalue weighted by Gasteiger charge is 2.09. The Labute approximate surface area is 69.0 Å². The molecule has 0 heterocycles. The van der Waals surface area contributed by atoms with E-state index in [1.54, 1.807) is 11.1 Å². The summed E-state index contributed by atoms with van der Waals surface area (Å²) in [5.74, 6) is 0. The third-order valence-electron chi connectivity index (χ3n) is 2.80. The molecule has 2 bridgehead atoms. The zero-order valence-corrected chi connectivity index (χ0v) is 7.10. The van der Waals surface area contributed by atoms with Gasteiger partial charge in [-0.25, -0.2) is 0 Å². The highest BCUT2D eigenvalue weighted by molar-refractivity contribution is 5.15. The largest absolute Gasteiger partial charge is 0.0850 e. The van der Waals surface area contributed by atoms with Crippen LogP contribution in [-0.2, 0) is 0 Å². The van der Waals surface area contributed by atoms with E-state index in [-0.39, 0.29) is 0 Å². The first-order valence-corrected chi connectivity index (χ1v) is 4.81. The topological polar surface area (TPSA) is 0 Å². The van der Waals surface area contributed by atoms with Gasteiger partial charge in [0.2, 0.25) is 0 Å². The zero-order valence-electron chi connectivity index (χ0n) is 7.10. The van der Waals surface area contributed by atoms with Crippen molar-refractivity contribution in [2.24, 2.45) is 0 Å². The van der Waals surface area contributed by atoms with Crippen molar-refractivity contribution in [1.29, 1.82) is 0 Å². The second kappa shape index (κ2) is 3.25. The zero-order chi connectivity index (χ0) is 7.52. The van der Waals surface area contributed by atoms with E-state index < -0.39 is 0 Å². The molecule has 60 valence electrons. The van der Waals surface area contributed by atoms with Crippen LogP contribution in [0.2, 0.25) is 0 Å². The number of allylic oxidation sites excluding steroid dienone is 4. The molecule has 0 aromatic rings. The van der Waals surface area contributed by atoms with Crippen LogP contribution in [-0.4, -0.2) is 0 Å². The number of rotatable bonds is 0. The van der Waals surface area contributed by atoms with E-state index in [0.717, 1.165) is 0 Å². The molecule has 0 aromatic carbocycles. The monoisotopic (exact) mass is 148 g/mol. The van der Waals surface area contributed by atoms with Gasteiger partial charge in [-0.05, 0) is 44.9 Å². The molecule has 2 rings (SSSR count). The first kappa shape index (κ1) is 7.15. The molecule has 1 fully saturated rings. The summed E-state index contributed by atoms with van der Waals surface area (Å²) >= 11 is 0. The molecule has 11 heavy (non-hydrogen) atoms. The molecule has 2 aliphatic rings. The Balaban J connectivity index is 2.19. The van der Waals surface area contributed by atoms with E-state index >= 15 is 0 Å². The van der Waals surface area contributed by atoms with Crippen molar-refractivity contribution in [3.05, 3.63) is 23.3 Å². The molecule has 0 amide bonds. The molecule has 0 heteroatoms. The van der Waals surface area contributed by atoms with Crippen LogP contribution in [0.1, 0.15) is 44.9 Å². The molecule has 0 unspecified atom stereocenters. The second-order valence-corrected chi connectivity index (χ2v) is 3.66. The average molecular weight is 148 g/mol. The summed E-state index contributed by atoms with van der Waals surface area (Å²) in [6.07, 6.45) is 14.4. The number of fused-ring (bicyclic) bond motifs is 3. The standard InChI is InChI=1S/C11H16/c1-2-5-11-7-3-6-10(4-1)8-9-11/h4-5H,1-3,6-9H2/b10-4-,11-5-. The Morgan fingerprint density at radius 2 is 1.27 bits per heavy atom. The Morgan fingerprint density at radius 3 is 1.82 bits per heavy atom. The van der Waals surface area contributed by atoms with Crippen molar-refractivity contribution < 1.29 is 0 Å². The van der Waals surface area contributed by atoms with Gasteiger partial charge in [-0.1, -0.05) is 23.3 Å². The number of hydrogen-bond donors (Lipinski definition) is 0. The summed E-state index contributed by atoms with van der Waals surface area (Å²) in [6, 6.07) is 0. The molecular formula is C11H16. The lowest BCUT2D eigenvalue weighted by molar-refractivity contribution is 0.831. The Hall–Kier alpha value is -0.520. The maximum atomic E-state index is 2.47. The van der Waals surface area contributed by atoms with Gasteiger partial charge in [0.1, 0.15) is 0 Å². The molecule has 2 aliphatic carbocycles. The van der Waals surface area contributed by atoms with E-state index in [1.165, 1.54) is 44.9 Å². The van der Waals surface area contributed by atoms with Crippen LogP contribution < -0.4 is 0 Å². The first-order chi connectivity index (χ1) is 5.45. The van der Waals surface area contributed by atoms with Crippen LogP contribution in [0.5, 0.6) is 0 Å². The van der Waals surface area contributed by atoms with Gasteiger partial charge in [-0.3, -0.25) is 0 Å².